The molecule has 2 nitrogen and oxygen atoms in total. The topological polar surface area (TPSA) is 26.3 Å². The molecule has 2 atom stereocenters. The van der Waals surface area contributed by atoms with Crippen molar-refractivity contribution >= 4 is 29.0 Å². The lowest BCUT2D eigenvalue weighted by Gasteiger charge is -2.51. The van der Waals surface area contributed by atoms with Crippen LogP contribution < -0.4 is 0 Å². The number of hydrogen-bond acceptors (Lipinski definition) is 2. The third-order valence-corrected chi connectivity index (χ3v) is 3.57. The van der Waals surface area contributed by atoms with E-state index >= 15 is 0 Å². The number of alkyl halides is 2. The van der Waals surface area contributed by atoms with Crippen molar-refractivity contribution in [3.63, 3.8) is 0 Å². The normalized spacial score (nSPS) is 38.4. The summed E-state index contributed by atoms with van der Waals surface area (Å²) in [6.07, 6.45) is 1.56. The van der Waals surface area contributed by atoms with Gasteiger partial charge in [0.2, 0.25) is 4.33 Å². The molecular formula is C10H12Cl2O2. The smallest absolute Gasteiger partial charge is 0.203 e. The summed E-state index contributed by atoms with van der Waals surface area (Å²) in [6, 6.07) is 0. The van der Waals surface area contributed by atoms with Crippen LogP contribution in [0.25, 0.3) is 0 Å². The summed E-state index contributed by atoms with van der Waals surface area (Å²) >= 11 is 11.8. The molecule has 78 valence electrons. The summed E-state index contributed by atoms with van der Waals surface area (Å²) < 4.78 is 4.32. The molecule has 4 heteroatoms. The van der Waals surface area contributed by atoms with Crippen LogP contribution in [0.5, 0.6) is 0 Å². The van der Waals surface area contributed by atoms with E-state index < -0.39 is 10.4 Å². The zero-order valence-corrected chi connectivity index (χ0v) is 9.82. The molecule has 0 aromatic rings. The SMILES string of the molecule is CC1=CC(C)(C)O[C@H]2[C@@H]1C(=O)C2(Cl)Cl. The molecule has 2 aliphatic rings. The lowest BCUT2D eigenvalue weighted by Crippen LogP contribution is -2.65. The van der Waals surface area contributed by atoms with E-state index in [-0.39, 0.29) is 17.3 Å². The van der Waals surface area contributed by atoms with Crippen molar-refractivity contribution in [1.82, 2.24) is 0 Å². The summed E-state index contributed by atoms with van der Waals surface area (Å²) in [5.41, 5.74) is 0.620. The van der Waals surface area contributed by atoms with Gasteiger partial charge in [-0.3, -0.25) is 4.79 Å². The Hall–Kier alpha value is -0.0500. The Morgan fingerprint density at radius 3 is 2.57 bits per heavy atom. The fourth-order valence-corrected chi connectivity index (χ4v) is 2.76. The van der Waals surface area contributed by atoms with Crippen molar-refractivity contribution in [1.29, 1.82) is 0 Å². The molecular weight excluding hydrogens is 223 g/mol. The number of fused-ring (bicyclic) bond motifs is 1. The van der Waals surface area contributed by atoms with Crippen LogP contribution in [0.2, 0.25) is 0 Å². The van der Waals surface area contributed by atoms with Gasteiger partial charge >= 0.3 is 0 Å². The lowest BCUT2D eigenvalue weighted by atomic mass is 9.71. The zero-order chi connectivity index (χ0) is 10.7. The van der Waals surface area contributed by atoms with Gasteiger partial charge in [-0.2, -0.15) is 0 Å². The van der Waals surface area contributed by atoms with Crippen molar-refractivity contribution in [2.24, 2.45) is 5.92 Å². The zero-order valence-electron chi connectivity index (χ0n) is 8.30. The van der Waals surface area contributed by atoms with Gasteiger partial charge in [-0.1, -0.05) is 34.9 Å². The molecule has 0 N–H and O–H groups in total. The Morgan fingerprint density at radius 2 is 2.00 bits per heavy atom. The van der Waals surface area contributed by atoms with E-state index in [2.05, 4.69) is 0 Å². The number of halogens is 2. The first-order valence-corrected chi connectivity index (χ1v) is 5.30. The van der Waals surface area contributed by atoms with Crippen LogP contribution in [-0.4, -0.2) is 21.8 Å². The number of carbonyl (C=O) groups is 1. The average Bonchev–Trinajstić information content (AvgIpc) is 2.01. The minimum absolute atomic E-state index is 0.143. The van der Waals surface area contributed by atoms with Gasteiger partial charge in [0.25, 0.3) is 0 Å². The molecule has 0 bridgehead atoms. The van der Waals surface area contributed by atoms with E-state index in [1.165, 1.54) is 0 Å². The maximum Gasteiger partial charge on any atom is 0.203 e. The Labute approximate surface area is 93.2 Å². The van der Waals surface area contributed by atoms with Gasteiger partial charge in [-0.05, 0) is 20.8 Å². The largest absolute Gasteiger partial charge is 0.364 e. The summed E-state index contributed by atoms with van der Waals surface area (Å²) in [7, 11) is 0. The second-order valence-electron chi connectivity index (χ2n) is 4.50. The minimum Gasteiger partial charge on any atom is -0.364 e. The van der Waals surface area contributed by atoms with E-state index in [4.69, 9.17) is 27.9 Å². The molecule has 1 aliphatic carbocycles. The highest BCUT2D eigenvalue weighted by Crippen LogP contribution is 2.52. The van der Waals surface area contributed by atoms with Gasteiger partial charge in [-0.15, -0.1) is 0 Å². The minimum atomic E-state index is -1.35. The number of hydrogen-bond donors (Lipinski definition) is 0. The van der Waals surface area contributed by atoms with Crippen LogP contribution in [0, 0.1) is 5.92 Å². The van der Waals surface area contributed by atoms with Gasteiger partial charge in [0.15, 0.2) is 5.78 Å². The van der Waals surface area contributed by atoms with Crippen molar-refractivity contribution in [2.45, 2.75) is 36.8 Å². The highest BCUT2D eigenvalue weighted by Gasteiger charge is 2.64. The maximum atomic E-state index is 11.6. The molecule has 0 unspecified atom stereocenters. The van der Waals surface area contributed by atoms with Gasteiger partial charge < -0.3 is 4.74 Å². The molecule has 0 amide bonds. The summed E-state index contributed by atoms with van der Waals surface area (Å²) in [6.45, 7) is 5.78. The molecule has 1 aliphatic heterocycles. The van der Waals surface area contributed by atoms with Crippen LogP contribution in [0.15, 0.2) is 11.6 Å². The van der Waals surface area contributed by atoms with Crippen LogP contribution in [0.4, 0.5) is 0 Å². The maximum absolute atomic E-state index is 11.6. The second-order valence-corrected chi connectivity index (χ2v) is 5.88. The first-order chi connectivity index (χ1) is 6.26. The summed E-state index contributed by atoms with van der Waals surface area (Å²) in [4.78, 5) is 11.6. The van der Waals surface area contributed by atoms with Crippen LogP contribution in [0.1, 0.15) is 20.8 Å². The number of carbonyl (C=O) groups excluding carboxylic acids is 1. The van der Waals surface area contributed by atoms with Crippen LogP contribution >= 0.6 is 23.2 Å². The number of ether oxygens (including phenoxy) is 1. The average molecular weight is 235 g/mol. The third-order valence-electron chi connectivity index (χ3n) is 2.77. The van der Waals surface area contributed by atoms with Crippen LogP contribution in [-0.2, 0) is 9.53 Å². The Bertz CT molecular complexity index is 331. The van der Waals surface area contributed by atoms with Gasteiger partial charge in [-0.25, -0.2) is 0 Å². The number of ketones is 1. The molecule has 14 heavy (non-hydrogen) atoms. The Kier molecular flexibility index (Phi) is 2.05. The van der Waals surface area contributed by atoms with E-state index in [0.29, 0.717) is 0 Å². The molecule has 1 saturated carbocycles. The summed E-state index contributed by atoms with van der Waals surface area (Å²) in [5, 5.41) is 0. The highest BCUT2D eigenvalue weighted by atomic mass is 35.5. The molecule has 1 fully saturated rings. The number of Topliss-reactive ketones (excluding diaryl/α,β-unsaturated/α-hetero) is 1. The lowest BCUT2D eigenvalue weighted by molar-refractivity contribution is -0.159. The van der Waals surface area contributed by atoms with Crippen LogP contribution in [0.3, 0.4) is 0 Å². The first kappa shape index (κ1) is 10.5. The quantitative estimate of drug-likeness (QED) is 0.476. The van der Waals surface area contributed by atoms with Crippen molar-refractivity contribution in [2.75, 3.05) is 0 Å². The first-order valence-electron chi connectivity index (χ1n) is 4.55. The van der Waals surface area contributed by atoms with Crippen molar-refractivity contribution < 1.29 is 9.53 Å². The molecule has 1 heterocycles. The second kappa shape index (κ2) is 2.75. The highest BCUT2D eigenvalue weighted by molar-refractivity contribution is 6.61. The molecule has 0 spiro atoms. The number of rotatable bonds is 0. The van der Waals surface area contributed by atoms with E-state index in [0.717, 1.165) is 5.57 Å². The van der Waals surface area contributed by atoms with E-state index in [1.54, 1.807) is 0 Å². The fraction of sp³-hybridized carbons (Fsp3) is 0.700. The molecule has 0 saturated heterocycles. The van der Waals surface area contributed by atoms with E-state index in [9.17, 15) is 4.79 Å². The predicted molar refractivity (Wildman–Crippen MR) is 55.6 cm³/mol. The monoisotopic (exact) mass is 234 g/mol. The molecule has 0 aromatic carbocycles. The Morgan fingerprint density at radius 1 is 1.43 bits per heavy atom. The third kappa shape index (κ3) is 1.24. The standard InChI is InChI=1S/C10H12Cl2O2/c1-5-4-9(2,3)14-8-6(5)7(13)10(8,11)12/h4,6,8H,1-3H3/t6-,8-/m0/s1. The molecule has 0 radical (unpaired) electrons. The Balaban J connectivity index is 2.37. The predicted octanol–water partition coefficient (Wildman–Crippen LogP) is 2.48. The van der Waals surface area contributed by atoms with Gasteiger partial charge in [0.1, 0.15) is 6.10 Å². The fourth-order valence-electron chi connectivity index (χ4n) is 2.19. The molecule has 0 aromatic heterocycles. The molecule has 2 rings (SSSR count). The summed E-state index contributed by atoms with van der Waals surface area (Å²) in [5.74, 6) is -0.381. The van der Waals surface area contributed by atoms with Crippen molar-refractivity contribution in [3.05, 3.63) is 11.6 Å². The van der Waals surface area contributed by atoms with Crippen molar-refractivity contribution in [3.8, 4) is 0 Å². The van der Waals surface area contributed by atoms with E-state index in [1.807, 2.05) is 26.8 Å². The van der Waals surface area contributed by atoms with Gasteiger partial charge in [0, 0.05) is 0 Å². The van der Waals surface area contributed by atoms with Gasteiger partial charge in [0.05, 0.1) is 11.5 Å².